The van der Waals surface area contributed by atoms with Crippen LogP contribution in [0.5, 0.6) is 0 Å². The summed E-state index contributed by atoms with van der Waals surface area (Å²) in [6.45, 7) is 1.80. The fourth-order valence-electron chi connectivity index (χ4n) is 4.72. The van der Waals surface area contributed by atoms with E-state index in [4.69, 9.17) is 12.2 Å². The van der Waals surface area contributed by atoms with E-state index in [2.05, 4.69) is 15.7 Å². The lowest BCUT2D eigenvalue weighted by molar-refractivity contribution is -0.126. The molecule has 1 saturated heterocycles. The van der Waals surface area contributed by atoms with Gasteiger partial charge in [-0.05, 0) is 66.7 Å². The van der Waals surface area contributed by atoms with E-state index in [0.29, 0.717) is 27.6 Å². The molecule has 8 heteroatoms. The van der Waals surface area contributed by atoms with Gasteiger partial charge in [0.15, 0.2) is 5.11 Å². The van der Waals surface area contributed by atoms with Gasteiger partial charge < -0.3 is 10.6 Å². The Bertz CT molecular complexity index is 1190. The molecule has 2 atom stereocenters. The van der Waals surface area contributed by atoms with Crippen LogP contribution in [0.25, 0.3) is 0 Å². The van der Waals surface area contributed by atoms with Crippen LogP contribution in [-0.4, -0.2) is 16.7 Å². The molecular formula is C25H20F2N4OS. The first kappa shape index (κ1) is 21.2. The minimum Gasteiger partial charge on any atom is -0.354 e. The molecule has 0 aliphatic carbocycles. The van der Waals surface area contributed by atoms with E-state index in [0.717, 1.165) is 0 Å². The molecule has 2 unspecified atom stereocenters. The first-order valence-corrected chi connectivity index (χ1v) is 10.9. The highest BCUT2D eigenvalue weighted by Crippen LogP contribution is 2.52. The molecule has 2 aliphatic rings. The monoisotopic (exact) mass is 462 g/mol. The Balaban J connectivity index is 1.72. The summed E-state index contributed by atoms with van der Waals surface area (Å²) in [6, 6.07) is 19.8. The van der Waals surface area contributed by atoms with Crippen LogP contribution in [0.15, 0.2) is 84.0 Å². The molecule has 1 amide bonds. The molecule has 5 rings (SSSR count). The van der Waals surface area contributed by atoms with Gasteiger partial charge >= 0.3 is 0 Å². The molecule has 0 radical (unpaired) electrons. The quantitative estimate of drug-likeness (QED) is 0.557. The fourth-order valence-corrected chi connectivity index (χ4v) is 4.95. The van der Waals surface area contributed by atoms with E-state index in [1.54, 1.807) is 31.2 Å². The number of hydrogen-bond acceptors (Lipinski definition) is 3. The zero-order valence-corrected chi connectivity index (χ0v) is 18.4. The molecular weight excluding hydrogens is 442 g/mol. The van der Waals surface area contributed by atoms with Crippen molar-refractivity contribution in [2.45, 2.75) is 19.0 Å². The molecule has 2 N–H and O–H groups in total. The van der Waals surface area contributed by atoms with Crippen molar-refractivity contribution in [3.8, 4) is 0 Å². The maximum Gasteiger partial charge on any atom is 0.264 e. The minimum atomic E-state index is -1.24. The Labute approximate surface area is 195 Å². The molecule has 3 aromatic carbocycles. The standard InChI is InChI=1S/C25H20F2N4OS/c1-15-25(23(32)31(30-15)20-5-3-2-4-6-20)21(16-7-11-18(26)12-8-16)28-24(33)29-22(25)17-9-13-19(27)14-10-17/h2-14,21-22H,1H3,(H2,28,29,33). The number of carbonyl (C=O) groups excluding carboxylic acids is 1. The Morgan fingerprint density at radius 1 is 0.848 bits per heavy atom. The third-order valence-corrected chi connectivity index (χ3v) is 6.50. The molecule has 0 saturated carbocycles. The normalized spacial score (nSPS) is 24.5. The van der Waals surface area contributed by atoms with Gasteiger partial charge in [-0.2, -0.15) is 10.1 Å². The molecule has 3 aromatic rings. The summed E-state index contributed by atoms with van der Waals surface area (Å²) >= 11 is 5.50. The average molecular weight is 463 g/mol. The second kappa shape index (κ2) is 8.04. The number of carbonyl (C=O) groups is 1. The highest BCUT2D eigenvalue weighted by molar-refractivity contribution is 7.80. The van der Waals surface area contributed by atoms with Crippen LogP contribution >= 0.6 is 12.2 Å². The van der Waals surface area contributed by atoms with Gasteiger partial charge in [0.25, 0.3) is 5.91 Å². The molecule has 166 valence electrons. The van der Waals surface area contributed by atoms with Crippen LogP contribution in [0.4, 0.5) is 14.5 Å². The van der Waals surface area contributed by atoms with Crippen LogP contribution < -0.4 is 15.6 Å². The SMILES string of the molecule is CC1=NN(c2ccccc2)C(=O)C12C(c1ccc(F)cc1)NC(=S)NC2c1ccc(F)cc1. The van der Waals surface area contributed by atoms with Crippen molar-refractivity contribution in [1.29, 1.82) is 0 Å². The molecule has 1 spiro atoms. The van der Waals surface area contributed by atoms with Gasteiger partial charge in [-0.1, -0.05) is 42.5 Å². The number of hydrazone groups is 1. The summed E-state index contributed by atoms with van der Waals surface area (Å²) in [5.74, 6) is -1.03. The van der Waals surface area contributed by atoms with Gasteiger partial charge in [0, 0.05) is 0 Å². The molecule has 0 bridgehead atoms. The van der Waals surface area contributed by atoms with Crippen molar-refractivity contribution in [2.24, 2.45) is 10.5 Å². The Kier molecular flexibility index (Phi) is 5.17. The number of benzene rings is 3. The molecule has 33 heavy (non-hydrogen) atoms. The van der Waals surface area contributed by atoms with Gasteiger partial charge in [-0.15, -0.1) is 0 Å². The largest absolute Gasteiger partial charge is 0.354 e. The van der Waals surface area contributed by atoms with Gasteiger partial charge in [-0.25, -0.2) is 8.78 Å². The first-order valence-electron chi connectivity index (χ1n) is 10.4. The third kappa shape index (κ3) is 3.38. The average Bonchev–Trinajstić information content (AvgIpc) is 3.08. The van der Waals surface area contributed by atoms with Crippen molar-refractivity contribution >= 4 is 34.6 Å². The van der Waals surface area contributed by atoms with Crippen molar-refractivity contribution in [2.75, 3.05) is 5.01 Å². The van der Waals surface area contributed by atoms with Crippen LogP contribution in [0.2, 0.25) is 0 Å². The second-order valence-corrected chi connectivity index (χ2v) is 8.50. The zero-order chi connectivity index (χ0) is 23.2. The minimum absolute atomic E-state index is 0.266. The lowest BCUT2D eigenvalue weighted by Crippen LogP contribution is -2.63. The van der Waals surface area contributed by atoms with Gasteiger partial charge in [0.2, 0.25) is 0 Å². The van der Waals surface area contributed by atoms with E-state index in [-0.39, 0.29) is 17.5 Å². The summed E-state index contributed by atoms with van der Waals surface area (Å²) in [6.07, 6.45) is 0. The van der Waals surface area contributed by atoms with Crippen molar-refractivity contribution in [1.82, 2.24) is 10.6 Å². The maximum atomic E-state index is 14.2. The summed E-state index contributed by atoms with van der Waals surface area (Å²) < 4.78 is 27.4. The topological polar surface area (TPSA) is 56.7 Å². The van der Waals surface area contributed by atoms with E-state index in [9.17, 15) is 13.6 Å². The first-order chi connectivity index (χ1) is 15.9. The highest BCUT2D eigenvalue weighted by Gasteiger charge is 2.62. The summed E-state index contributed by atoms with van der Waals surface area (Å²) in [5.41, 5.74) is 1.31. The number of thiocarbonyl (C=S) groups is 1. The van der Waals surface area contributed by atoms with E-state index < -0.39 is 17.5 Å². The lowest BCUT2D eigenvalue weighted by Gasteiger charge is -2.47. The number of anilines is 1. The molecule has 2 aliphatic heterocycles. The number of hydrogen-bond donors (Lipinski definition) is 2. The fraction of sp³-hybridized carbons (Fsp3) is 0.160. The smallest absolute Gasteiger partial charge is 0.264 e. The van der Waals surface area contributed by atoms with Gasteiger partial charge in [0.05, 0.1) is 23.5 Å². The highest BCUT2D eigenvalue weighted by atomic mass is 32.1. The number of rotatable bonds is 3. The number of halogens is 2. The Morgan fingerprint density at radius 3 is 1.82 bits per heavy atom. The summed E-state index contributed by atoms with van der Waals surface area (Å²) in [5, 5.41) is 12.8. The Morgan fingerprint density at radius 2 is 1.33 bits per heavy atom. The predicted molar refractivity (Wildman–Crippen MR) is 127 cm³/mol. The zero-order valence-electron chi connectivity index (χ0n) is 17.6. The van der Waals surface area contributed by atoms with Crippen molar-refractivity contribution in [3.63, 3.8) is 0 Å². The number of nitrogens with one attached hydrogen (secondary N) is 2. The molecule has 1 fully saturated rings. The van der Waals surface area contributed by atoms with Gasteiger partial charge in [-0.3, -0.25) is 4.79 Å². The van der Waals surface area contributed by atoms with E-state index >= 15 is 0 Å². The summed E-state index contributed by atoms with van der Waals surface area (Å²) in [7, 11) is 0. The lowest BCUT2D eigenvalue weighted by atomic mass is 9.65. The number of amides is 1. The van der Waals surface area contributed by atoms with Crippen molar-refractivity contribution < 1.29 is 13.6 Å². The molecule has 0 aromatic heterocycles. The Hall–Kier alpha value is -3.65. The summed E-state index contributed by atoms with van der Waals surface area (Å²) in [4.78, 5) is 14.2. The maximum absolute atomic E-state index is 14.2. The van der Waals surface area contributed by atoms with Crippen LogP contribution in [0.3, 0.4) is 0 Å². The van der Waals surface area contributed by atoms with Crippen LogP contribution in [-0.2, 0) is 4.79 Å². The van der Waals surface area contributed by atoms with E-state index in [1.807, 2.05) is 30.3 Å². The van der Waals surface area contributed by atoms with Crippen LogP contribution in [0, 0.1) is 17.0 Å². The predicted octanol–water partition coefficient (Wildman–Crippen LogP) is 4.63. The number of para-hydroxylation sites is 1. The van der Waals surface area contributed by atoms with Crippen LogP contribution in [0.1, 0.15) is 30.1 Å². The second-order valence-electron chi connectivity index (χ2n) is 8.09. The van der Waals surface area contributed by atoms with Gasteiger partial charge in [0.1, 0.15) is 17.0 Å². The van der Waals surface area contributed by atoms with Crippen molar-refractivity contribution in [3.05, 3.63) is 102 Å². The third-order valence-electron chi connectivity index (χ3n) is 6.26. The van der Waals surface area contributed by atoms with E-state index in [1.165, 1.54) is 29.3 Å². The number of nitrogens with zero attached hydrogens (tertiary/aromatic N) is 2. The molecule has 5 nitrogen and oxygen atoms in total. The molecule has 2 heterocycles.